The normalized spacial score (nSPS) is 50.4. The van der Waals surface area contributed by atoms with Crippen molar-refractivity contribution in [2.75, 3.05) is 13.1 Å². The third-order valence-electron chi connectivity index (χ3n) is 15.4. The van der Waals surface area contributed by atoms with Crippen LogP contribution >= 0.6 is 0 Å². The molecule has 0 aromatic rings. The van der Waals surface area contributed by atoms with Gasteiger partial charge in [-0.05, 0) is 105 Å². The second-order valence-corrected chi connectivity index (χ2v) is 18.1. The van der Waals surface area contributed by atoms with E-state index in [1.165, 1.54) is 19.8 Å². The van der Waals surface area contributed by atoms with Gasteiger partial charge >= 0.3 is 12.1 Å². The van der Waals surface area contributed by atoms with Crippen LogP contribution in [0.3, 0.4) is 0 Å². The third-order valence-corrected chi connectivity index (χ3v) is 15.4. The third kappa shape index (κ3) is 4.24. The lowest BCUT2D eigenvalue weighted by atomic mass is 9.41. The quantitative estimate of drug-likeness (QED) is 0.326. The number of carbonyl (C=O) groups excluding carboxylic acids is 2. The van der Waals surface area contributed by atoms with Crippen molar-refractivity contribution in [3.8, 4) is 0 Å². The zero-order chi connectivity index (χ0) is 32.5. The highest BCUT2D eigenvalue weighted by atomic mass is 16.6. The molecule has 0 unspecified atom stereocenters. The van der Waals surface area contributed by atoms with Gasteiger partial charge in [-0.25, -0.2) is 4.79 Å². The molecular formula is C36H58N2O7. The van der Waals surface area contributed by atoms with Gasteiger partial charge in [0.25, 0.3) is 0 Å². The fraction of sp³-hybridized carbons (Fsp3) is 0.944. The highest BCUT2D eigenvalue weighted by Crippen LogP contribution is 2.89. The van der Waals surface area contributed by atoms with Crippen LogP contribution in [0.5, 0.6) is 0 Å². The Kier molecular flexibility index (Phi) is 7.18. The van der Waals surface area contributed by atoms with Gasteiger partial charge in [0, 0.05) is 30.8 Å². The van der Waals surface area contributed by atoms with Crippen LogP contribution in [0.15, 0.2) is 0 Å². The molecule has 0 aromatic heterocycles. The van der Waals surface area contributed by atoms with Crippen LogP contribution in [0.4, 0.5) is 4.79 Å². The van der Waals surface area contributed by atoms with Crippen LogP contribution in [-0.2, 0) is 19.0 Å². The number of fused-ring (bicyclic) bond motifs is 4. The maximum absolute atomic E-state index is 12.8. The van der Waals surface area contributed by atoms with Gasteiger partial charge in [0.2, 0.25) is 0 Å². The van der Waals surface area contributed by atoms with Crippen molar-refractivity contribution in [2.24, 2.45) is 50.7 Å². The number of nitrogens with one attached hydrogen (secondary N) is 2. The van der Waals surface area contributed by atoms with Crippen molar-refractivity contribution >= 4 is 12.1 Å². The minimum absolute atomic E-state index is 0.0794. The molecule has 9 heteroatoms. The molecule has 13 atom stereocenters. The Morgan fingerprint density at radius 2 is 1.69 bits per heavy atom. The maximum Gasteiger partial charge on any atom is 0.407 e. The summed E-state index contributed by atoms with van der Waals surface area (Å²) in [6, 6.07) is 0.168. The smallest absolute Gasteiger partial charge is 0.407 e. The summed E-state index contributed by atoms with van der Waals surface area (Å²) in [7, 11) is 0. The second kappa shape index (κ2) is 10.1. The van der Waals surface area contributed by atoms with E-state index >= 15 is 0 Å². The van der Waals surface area contributed by atoms with E-state index in [1.807, 2.05) is 0 Å². The molecular weight excluding hydrogens is 572 g/mol. The predicted molar refractivity (Wildman–Crippen MR) is 168 cm³/mol. The van der Waals surface area contributed by atoms with Crippen molar-refractivity contribution < 1.29 is 34.0 Å². The molecule has 2 saturated heterocycles. The summed E-state index contributed by atoms with van der Waals surface area (Å²) in [6.45, 7) is 18.1. The zero-order valence-corrected chi connectivity index (χ0v) is 28.8. The molecule has 254 valence electrons. The number of carbonyl (C=O) groups is 2. The van der Waals surface area contributed by atoms with Gasteiger partial charge in [0.15, 0.2) is 6.10 Å². The molecule has 4 N–H and O–H groups in total. The van der Waals surface area contributed by atoms with Crippen LogP contribution in [0.25, 0.3) is 0 Å². The first kappa shape index (κ1) is 32.1. The van der Waals surface area contributed by atoms with Gasteiger partial charge in [-0.1, -0.05) is 34.6 Å². The summed E-state index contributed by atoms with van der Waals surface area (Å²) in [5.41, 5.74) is -1.32. The number of aliphatic hydroxyl groups is 2. The molecule has 45 heavy (non-hydrogen) atoms. The molecule has 0 bridgehead atoms. The van der Waals surface area contributed by atoms with E-state index in [2.05, 4.69) is 45.3 Å². The van der Waals surface area contributed by atoms with Gasteiger partial charge in [0.1, 0.15) is 6.10 Å². The van der Waals surface area contributed by atoms with E-state index in [-0.39, 0.29) is 63.3 Å². The van der Waals surface area contributed by atoms with Crippen LogP contribution in [-0.4, -0.2) is 77.5 Å². The SMILES string of the molecule is CC(=O)O[C@@H]([C@H]1C[C@@H](C)[C@H]2[C@H](O1)[C@H](O)[C@@]1(C)[C@@H]3CC[C@H]4C(C)(C)[C@@H](OC(=O)NC5CNC5)CC[C@@]45C[C@@]35CC[C@]21C)C(C)(C)O. The van der Waals surface area contributed by atoms with E-state index in [4.69, 9.17) is 14.2 Å². The van der Waals surface area contributed by atoms with Crippen LogP contribution < -0.4 is 10.6 Å². The molecule has 0 aromatic carbocycles. The molecule has 2 aliphatic heterocycles. The van der Waals surface area contributed by atoms with Crippen LogP contribution in [0.1, 0.15) is 107 Å². The summed E-state index contributed by atoms with van der Waals surface area (Å²) in [5.74, 6) is 0.904. The molecule has 5 saturated carbocycles. The summed E-state index contributed by atoms with van der Waals surface area (Å²) in [4.78, 5) is 24.8. The Bertz CT molecular complexity index is 1230. The van der Waals surface area contributed by atoms with Gasteiger partial charge in [-0.2, -0.15) is 0 Å². The van der Waals surface area contributed by atoms with Gasteiger partial charge < -0.3 is 35.1 Å². The molecule has 9 nitrogen and oxygen atoms in total. The van der Waals surface area contributed by atoms with Crippen molar-refractivity contribution in [3.05, 3.63) is 0 Å². The Morgan fingerprint density at radius 3 is 2.31 bits per heavy atom. The fourth-order valence-corrected chi connectivity index (χ4v) is 13.3. The lowest BCUT2D eigenvalue weighted by Crippen LogP contribution is -2.60. The standard InChI is InChI=1S/C36H58N2O7/c1-19-15-22(29(32(5,6)42)43-20(2)39)44-27-26(19)33(7)13-14-36-18-35(36)12-11-25(45-30(41)38-21-16-37-17-21)31(3,4)23(35)9-10-24(36)34(33,8)28(27)40/h19,21-29,37,40,42H,9-18H2,1-8H3,(H,38,41)/t19-,22-,23+,24+,25+,26+,27+,28+,29+,33-,34-,35-,36+/m1/s1. The van der Waals surface area contributed by atoms with E-state index < -0.39 is 29.9 Å². The monoisotopic (exact) mass is 630 g/mol. The number of rotatable bonds is 5. The number of ether oxygens (including phenoxy) is 3. The van der Waals surface area contributed by atoms with E-state index in [0.717, 1.165) is 45.2 Å². The zero-order valence-electron chi connectivity index (χ0n) is 28.8. The van der Waals surface area contributed by atoms with Gasteiger partial charge in [-0.15, -0.1) is 0 Å². The average Bonchev–Trinajstić information content (AvgIpc) is 3.55. The highest BCUT2D eigenvalue weighted by Gasteiger charge is 2.84. The topological polar surface area (TPSA) is 126 Å². The first-order valence-electron chi connectivity index (χ1n) is 17.8. The molecule has 2 spiro atoms. The van der Waals surface area contributed by atoms with Crippen molar-refractivity contribution in [1.29, 1.82) is 0 Å². The molecule has 1 amide bonds. The molecule has 7 fully saturated rings. The number of esters is 1. The molecule has 2 heterocycles. The lowest BCUT2D eigenvalue weighted by molar-refractivity contribution is -0.216. The van der Waals surface area contributed by atoms with Crippen LogP contribution in [0, 0.1) is 50.7 Å². The predicted octanol–water partition coefficient (Wildman–Crippen LogP) is 4.57. The average molecular weight is 631 g/mol. The number of alkyl carbamates (subject to hydrolysis) is 1. The molecule has 7 rings (SSSR count). The Balaban J connectivity index is 1.14. The van der Waals surface area contributed by atoms with E-state index in [1.54, 1.807) is 13.8 Å². The summed E-state index contributed by atoms with van der Waals surface area (Å²) >= 11 is 0. The first-order chi connectivity index (χ1) is 20.9. The Labute approximate surface area is 269 Å². The summed E-state index contributed by atoms with van der Waals surface area (Å²) < 4.78 is 18.6. The number of hydrogen-bond acceptors (Lipinski definition) is 8. The maximum atomic E-state index is 12.8. The van der Waals surface area contributed by atoms with Crippen molar-refractivity contribution in [2.45, 2.75) is 149 Å². The summed E-state index contributed by atoms with van der Waals surface area (Å²) in [6.07, 6.45) is 5.66. The van der Waals surface area contributed by atoms with Crippen molar-refractivity contribution in [1.82, 2.24) is 10.6 Å². The number of aliphatic hydroxyl groups excluding tert-OH is 1. The van der Waals surface area contributed by atoms with Crippen molar-refractivity contribution in [3.63, 3.8) is 0 Å². The Hall–Kier alpha value is -1.42. The van der Waals surface area contributed by atoms with Gasteiger partial charge in [0.05, 0.1) is 30.0 Å². The molecule has 5 aliphatic carbocycles. The number of hydrogen-bond donors (Lipinski definition) is 4. The van der Waals surface area contributed by atoms with E-state index in [9.17, 15) is 19.8 Å². The largest absolute Gasteiger partial charge is 0.457 e. The minimum atomic E-state index is -1.26. The minimum Gasteiger partial charge on any atom is -0.457 e. The number of amides is 1. The van der Waals surface area contributed by atoms with Crippen LogP contribution in [0.2, 0.25) is 0 Å². The van der Waals surface area contributed by atoms with E-state index in [0.29, 0.717) is 18.3 Å². The Morgan fingerprint density at radius 1 is 1.02 bits per heavy atom. The summed E-state index contributed by atoms with van der Waals surface area (Å²) in [5, 5.41) is 29.7. The fourth-order valence-electron chi connectivity index (χ4n) is 13.3. The molecule has 7 aliphatic rings. The lowest BCUT2D eigenvalue weighted by Gasteiger charge is -2.63. The van der Waals surface area contributed by atoms with Gasteiger partial charge in [-0.3, -0.25) is 4.79 Å². The highest BCUT2D eigenvalue weighted by molar-refractivity contribution is 5.68. The second-order valence-electron chi connectivity index (χ2n) is 18.1. The first-order valence-corrected chi connectivity index (χ1v) is 17.8. The molecule has 0 radical (unpaired) electrons.